The molecular weight excluding hydrogens is 375 g/mol. The summed E-state index contributed by atoms with van der Waals surface area (Å²) in [6.07, 6.45) is 1.43. The van der Waals surface area contributed by atoms with Crippen molar-refractivity contribution in [2.45, 2.75) is 5.75 Å². The van der Waals surface area contributed by atoms with Crippen LogP contribution in [0.1, 0.15) is 11.1 Å². The van der Waals surface area contributed by atoms with Gasteiger partial charge in [0.25, 0.3) is 0 Å². The average Bonchev–Trinajstić information content (AvgIpc) is 2.52. The third kappa shape index (κ3) is 5.74. The number of benzene rings is 2. The monoisotopic (exact) mass is 386 g/mol. The minimum Gasteiger partial charge on any atom is -0.272 e. The summed E-state index contributed by atoms with van der Waals surface area (Å²) in [6, 6.07) is 12.7. The van der Waals surface area contributed by atoms with E-state index in [0.29, 0.717) is 26.4 Å². The fourth-order valence-corrected chi connectivity index (χ4v) is 3.30. The molecule has 2 aromatic rings. The van der Waals surface area contributed by atoms with Crippen molar-refractivity contribution in [1.29, 1.82) is 0 Å². The molecule has 0 aromatic heterocycles. The predicted octanol–water partition coefficient (Wildman–Crippen LogP) is 5.03. The Labute approximate surface area is 154 Å². The number of carbonyl (C=O) groups excluding carboxylic acids is 1. The van der Waals surface area contributed by atoms with E-state index in [1.165, 1.54) is 18.0 Å². The standard InChI is InChI=1S/C16H13Cl3N2OS/c17-13-5-2-1-4-11(13)9-23-10-16(22)21-20-8-12-14(18)6-3-7-15(12)19/h1-8H,9-10H2,(H,21,22)/b20-8+. The highest BCUT2D eigenvalue weighted by Crippen LogP contribution is 2.22. The normalized spacial score (nSPS) is 10.9. The molecule has 0 saturated heterocycles. The van der Waals surface area contributed by atoms with Crippen LogP contribution < -0.4 is 5.43 Å². The molecule has 7 heteroatoms. The molecule has 3 nitrogen and oxygen atoms in total. The lowest BCUT2D eigenvalue weighted by Crippen LogP contribution is -2.19. The van der Waals surface area contributed by atoms with E-state index in [-0.39, 0.29) is 11.7 Å². The van der Waals surface area contributed by atoms with Gasteiger partial charge in [0.15, 0.2) is 0 Å². The molecule has 0 aliphatic rings. The fraction of sp³-hybridized carbons (Fsp3) is 0.125. The summed E-state index contributed by atoms with van der Waals surface area (Å²) >= 11 is 19.5. The Kier molecular flexibility index (Phi) is 7.24. The maximum Gasteiger partial charge on any atom is 0.250 e. The third-order valence-electron chi connectivity index (χ3n) is 2.83. The molecule has 1 N–H and O–H groups in total. The average molecular weight is 388 g/mol. The van der Waals surface area contributed by atoms with Crippen molar-refractivity contribution in [3.8, 4) is 0 Å². The molecule has 0 bridgehead atoms. The summed E-state index contributed by atoms with van der Waals surface area (Å²) in [7, 11) is 0. The lowest BCUT2D eigenvalue weighted by atomic mass is 10.2. The van der Waals surface area contributed by atoms with Crippen molar-refractivity contribution in [3.63, 3.8) is 0 Å². The molecule has 23 heavy (non-hydrogen) atoms. The highest BCUT2D eigenvalue weighted by atomic mass is 35.5. The molecule has 2 aromatic carbocycles. The van der Waals surface area contributed by atoms with Crippen LogP contribution in [0.15, 0.2) is 47.6 Å². The van der Waals surface area contributed by atoms with E-state index in [1.54, 1.807) is 18.2 Å². The number of amides is 1. The molecule has 0 radical (unpaired) electrons. The first-order valence-corrected chi connectivity index (χ1v) is 8.94. The smallest absolute Gasteiger partial charge is 0.250 e. The second-order valence-corrected chi connectivity index (χ2v) is 6.72. The Hall–Kier alpha value is -1.20. The van der Waals surface area contributed by atoms with Crippen LogP contribution in [0.2, 0.25) is 15.1 Å². The summed E-state index contributed by atoms with van der Waals surface area (Å²) in [5.74, 6) is 0.730. The Balaban J connectivity index is 1.79. The number of hydrazone groups is 1. The van der Waals surface area contributed by atoms with Crippen LogP contribution in [0.5, 0.6) is 0 Å². The number of thioether (sulfide) groups is 1. The fourth-order valence-electron chi connectivity index (χ4n) is 1.70. The summed E-state index contributed by atoms with van der Waals surface area (Å²) in [5.41, 5.74) is 4.01. The molecule has 0 saturated carbocycles. The molecular formula is C16H13Cl3N2OS. The van der Waals surface area contributed by atoms with Gasteiger partial charge in [0, 0.05) is 16.3 Å². The van der Waals surface area contributed by atoms with Crippen molar-refractivity contribution in [3.05, 3.63) is 68.7 Å². The number of hydrogen-bond donors (Lipinski definition) is 1. The topological polar surface area (TPSA) is 41.5 Å². The maximum atomic E-state index is 11.7. The SMILES string of the molecule is O=C(CSCc1ccccc1Cl)N/N=C/c1c(Cl)cccc1Cl. The van der Waals surface area contributed by atoms with Gasteiger partial charge >= 0.3 is 0 Å². The summed E-state index contributed by atoms with van der Waals surface area (Å²) in [6.45, 7) is 0. The van der Waals surface area contributed by atoms with E-state index in [2.05, 4.69) is 10.5 Å². The number of nitrogens with zero attached hydrogens (tertiary/aromatic N) is 1. The molecule has 0 unspecified atom stereocenters. The van der Waals surface area contributed by atoms with E-state index in [9.17, 15) is 4.79 Å². The number of hydrogen-bond acceptors (Lipinski definition) is 3. The van der Waals surface area contributed by atoms with Gasteiger partial charge in [-0.05, 0) is 23.8 Å². The second-order valence-electron chi connectivity index (χ2n) is 4.51. The van der Waals surface area contributed by atoms with Crippen LogP contribution >= 0.6 is 46.6 Å². The van der Waals surface area contributed by atoms with Gasteiger partial charge < -0.3 is 0 Å². The van der Waals surface area contributed by atoms with Crippen LogP contribution in [0.3, 0.4) is 0 Å². The molecule has 1 amide bonds. The van der Waals surface area contributed by atoms with Crippen molar-refractivity contribution in [2.24, 2.45) is 5.10 Å². The van der Waals surface area contributed by atoms with E-state index >= 15 is 0 Å². The van der Waals surface area contributed by atoms with Crippen molar-refractivity contribution in [2.75, 3.05) is 5.75 Å². The van der Waals surface area contributed by atoms with E-state index in [1.807, 2.05) is 24.3 Å². The lowest BCUT2D eigenvalue weighted by molar-refractivity contribution is -0.118. The summed E-state index contributed by atoms with van der Waals surface area (Å²) < 4.78 is 0. The summed E-state index contributed by atoms with van der Waals surface area (Å²) in [5, 5.41) is 5.53. The largest absolute Gasteiger partial charge is 0.272 e. The highest BCUT2D eigenvalue weighted by Gasteiger charge is 2.04. The first kappa shape index (κ1) is 18.1. The van der Waals surface area contributed by atoms with Gasteiger partial charge in [-0.15, -0.1) is 11.8 Å². The van der Waals surface area contributed by atoms with Crippen LogP contribution in [-0.4, -0.2) is 17.9 Å². The molecule has 120 valence electrons. The zero-order valence-electron chi connectivity index (χ0n) is 11.9. The maximum absolute atomic E-state index is 11.7. The van der Waals surface area contributed by atoms with Gasteiger partial charge in [-0.3, -0.25) is 4.79 Å². The number of carbonyl (C=O) groups is 1. The molecule has 2 rings (SSSR count). The zero-order valence-corrected chi connectivity index (χ0v) is 15.0. The summed E-state index contributed by atoms with van der Waals surface area (Å²) in [4.78, 5) is 11.7. The van der Waals surface area contributed by atoms with Gasteiger partial charge in [0.1, 0.15) is 0 Å². The zero-order chi connectivity index (χ0) is 16.7. The van der Waals surface area contributed by atoms with E-state index in [0.717, 1.165) is 5.56 Å². The Bertz CT molecular complexity index is 702. The van der Waals surface area contributed by atoms with Gasteiger partial charge in [-0.25, -0.2) is 5.43 Å². The van der Waals surface area contributed by atoms with E-state index < -0.39 is 0 Å². The Morgan fingerprint density at radius 1 is 1.04 bits per heavy atom. The van der Waals surface area contributed by atoms with Crippen LogP contribution in [0.25, 0.3) is 0 Å². The molecule has 0 fully saturated rings. The van der Waals surface area contributed by atoms with Crippen LogP contribution in [-0.2, 0) is 10.5 Å². The van der Waals surface area contributed by atoms with Crippen molar-refractivity contribution >= 4 is 58.7 Å². The predicted molar refractivity (Wildman–Crippen MR) is 99.8 cm³/mol. The minimum absolute atomic E-state index is 0.207. The third-order valence-corrected chi connectivity index (χ3v) is 4.84. The van der Waals surface area contributed by atoms with Crippen LogP contribution in [0.4, 0.5) is 0 Å². The first-order valence-electron chi connectivity index (χ1n) is 6.65. The van der Waals surface area contributed by atoms with Gasteiger partial charge in [-0.1, -0.05) is 59.1 Å². The Morgan fingerprint density at radius 2 is 1.70 bits per heavy atom. The van der Waals surface area contributed by atoms with Gasteiger partial charge in [0.2, 0.25) is 5.91 Å². The molecule has 0 aliphatic heterocycles. The quantitative estimate of drug-likeness (QED) is 0.558. The lowest BCUT2D eigenvalue weighted by Gasteiger charge is -2.04. The van der Waals surface area contributed by atoms with Gasteiger partial charge in [0.05, 0.1) is 22.0 Å². The van der Waals surface area contributed by atoms with Crippen molar-refractivity contribution in [1.82, 2.24) is 5.43 Å². The number of rotatable bonds is 6. The number of halogens is 3. The number of nitrogens with one attached hydrogen (secondary N) is 1. The van der Waals surface area contributed by atoms with E-state index in [4.69, 9.17) is 34.8 Å². The Morgan fingerprint density at radius 3 is 2.39 bits per heavy atom. The molecule has 0 aliphatic carbocycles. The molecule has 0 heterocycles. The second kappa shape index (κ2) is 9.18. The van der Waals surface area contributed by atoms with Gasteiger partial charge in [-0.2, -0.15) is 5.10 Å². The van der Waals surface area contributed by atoms with Crippen LogP contribution in [0, 0.1) is 0 Å². The minimum atomic E-state index is -0.207. The molecule has 0 spiro atoms. The van der Waals surface area contributed by atoms with Crippen molar-refractivity contribution < 1.29 is 4.79 Å². The highest BCUT2D eigenvalue weighted by molar-refractivity contribution is 7.99. The first-order chi connectivity index (χ1) is 11.1. The molecule has 0 atom stereocenters.